The van der Waals surface area contributed by atoms with Crippen LogP contribution in [-0.4, -0.2) is 73.6 Å². The molecular formula is C27H23ClFN9O3. The number of carbonyl (C=O) groups is 1. The van der Waals surface area contributed by atoms with E-state index in [0.29, 0.717) is 60.2 Å². The summed E-state index contributed by atoms with van der Waals surface area (Å²) in [4.78, 5) is 33.3. The first kappa shape index (κ1) is 26.2. The zero-order valence-corrected chi connectivity index (χ0v) is 22.5. The maximum atomic E-state index is 15.4. The molecule has 0 aliphatic carbocycles. The average Bonchev–Trinajstić information content (AvgIpc) is 3.48. The molecule has 1 aliphatic heterocycles. The van der Waals surface area contributed by atoms with Crippen LogP contribution in [0.4, 0.5) is 21.7 Å². The minimum absolute atomic E-state index is 0.0750. The van der Waals surface area contributed by atoms with Crippen LogP contribution >= 0.6 is 11.6 Å². The first-order valence-electron chi connectivity index (χ1n) is 12.5. The Balaban J connectivity index is 1.28. The van der Waals surface area contributed by atoms with Crippen LogP contribution in [0.15, 0.2) is 61.8 Å². The number of nitrogens with one attached hydrogen (secondary N) is 1. The normalized spacial score (nSPS) is 13.4. The number of rotatable bonds is 7. The van der Waals surface area contributed by atoms with Gasteiger partial charge in [-0.3, -0.25) is 4.79 Å². The van der Waals surface area contributed by atoms with E-state index in [2.05, 4.69) is 31.9 Å². The zero-order chi connectivity index (χ0) is 28.5. The number of hydrogen-bond donors (Lipinski definition) is 1. The smallest absolute Gasteiger partial charge is 0.246 e. The molecule has 4 aromatic heterocycles. The van der Waals surface area contributed by atoms with E-state index in [1.165, 1.54) is 24.8 Å². The van der Waals surface area contributed by atoms with Crippen molar-refractivity contribution in [1.82, 2.24) is 34.4 Å². The first-order valence-corrected chi connectivity index (χ1v) is 12.9. The summed E-state index contributed by atoms with van der Waals surface area (Å²) in [6.07, 6.45) is 5.75. The molecule has 0 radical (unpaired) electrons. The number of piperazine rings is 1. The molecule has 1 fully saturated rings. The second-order valence-electron chi connectivity index (χ2n) is 9.01. The van der Waals surface area contributed by atoms with Gasteiger partial charge in [0.25, 0.3) is 0 Å². The lowest BCUT2D eigenvalue weighted by molar-refractivity contribution is -0.126. The van der Waals surface area contributed by atoms with E-state index < -0.39 is 5.82 Å². The molecule has 6 rings (SSSR count). The summed E-state index contributed by atoms with van der Waals surface area (Å²) in [5.41, 5.74) is 1.55. The molecule has 1 aliphatic rings. The topological polar surface area (TPSA) is 123 Å². The molecule has 0 unspecified atom stereocenters. The van der Waals surface area contributed by atoms with Crippen molar-refractivity contribution in [3.63, 3.8) is 0 Å². The highest BCUT2D eigenvalue weighted by atomic mass is 35.5. The first-order chi connectivity index (χ1) is 19.9. The van der Waals surface area contributed by atoms with Gasteiger partial charge in [-0.15, -0.1) is 0 Å². The van der Waals surface area contributed by atoms with Gasteiger partial charge in [-0.25, -0.2) is 28.8 Å². The van der Waals surface area contributed by atoms with Crippen molar-refractivity contribution in [2.24, 2.45) is 0 Å². The summed E-state index contributed by atoms with van der Waals surface area (Å²) in [6.45, 7) is 5.66. The quantitative estimate of drug-likeness (QED) is 0.282. The van der Waals surface area contributed by atoms with Crippen molar-refractivity contribution in [3.05, 3.63) is 72.7 Å². The number of hydrogen-bond acceptors (Lipinski definition) is 10. The lowest BCUT2D eigenvalue weighted by Gasteiger charge is -2.35. The Morgan fingerprint density at radius 1 is 1.10 bits per heavy atom. The molecule has 1 aromatic carbocycles. The van der Waals surface area contributed by atoms with Crippen LogP contribution in [0.2, 0.25) is 5.02 Å². The van der Waals surface area contributed by atoms with E-state index in [0.717, 1.165) is 0 Å². The van der Waals surface area contributed by atoms with Gasteiger partial charge in [-0.2, -0.15) is 5.10 Å². The molecule has 5 aromatic rings. The van der Waals surface area contributed by atoms with Gasteiger partial charge < -0.3 is 24.6 Å². The number of halogens is 2. The lowest BCUT2D eigenvalue weighted by atomic mass is 10.2. The number of nitrogens with zero attached hydrogens (tertiary/aromatic N) is 8. The molecule has 1 saturated heterocycles. The molecule has 12 nitrogen and oxygen atoms in total. The van der Waals surface area contributed by atoms with Gasteiger partial charge in [0, 0.05) is 44.5 Å². The van der Waals surface area contributed by atoms with Gasteiger partial charge in [-0.1, -0.05) is 18.2 Å². The summed E-state index contributed by atoms with van der Waals surface area (Å²) in [7, 11) is 1.55. The van der Waals surface area contributed by atoms with Crippen LogP contribution in [0, 0.1) is 5.82 Å². The van der Waals surface area contributed by atoms with Crippen LogP contribution in [0.1, 0.15) is 0 Å². The number of aromatic nitrogens is 6. The van der Waals surface area contributed by atoms with Crippen LogP contribution in [0.3, 0.4) is 0 Å². The number of fused-ring (bicyclic) bond motifs is 2. The lowest BCUT2D eigenvalue weighted by Crippen LogP contribution is -2.48. The van der Waals surface area contributed by atoms with Crippen molar-refractivity contribution in [2.75, 3.05) is 43.5 Å². The molecule has 208 valence electrons. The summed E-state index contributed by atoms with van der Waals surface area (Å²) >= 11 is 6.36. The molecule has 1 N–H and O–H groups in total. The highest BCUT2D eigenvalue weighted by molar-refractivity contribution is 6.32. The summed E-state index contributed by atoms with van der Waals surface area (Å²) in [5.74, 6) is 1.08. The van der Waals surface area contributed by atoms with Gasteiger partial charge in [0.1, 0.15) is 34.7 Å². The molecule has 0 bridgehead atoms. The van der Waals surface area contributed by atoms with Gasteiger partial charge in [0.15, 0.2) is 28.8 Å². The Hall–Kier alpha value is -5.04. The van der Waals surface area contributed by atoms with Gasteiger partial charge in [-0.05, 0) is 24.3 Å². The summed E-state index contributed by atoms with van der Waals surface area (Å²) in [6, 6.07) is 8.13. The summed E-state index contributed by atoms with van der Waals surface area (Å²) < 4.78 is 28.4. The van der Waals surface area contributed by atoms with Gasteiger partial charge in [0.05, 0.1) is 18.3 Å². The Morgan fingerprint density at radius 3 is 2.71 bits per heavy atom. The Labute approximate surface area is 238 Å². The SMILES string of the molecule is C=CC(=O)N1CCN(c2nc3c(Nc4ccc(Oc5ccn6ncnc6c5)c(Cl)c4F)ncnc3cc2OC)CC1. The number of ether oxygens (including phenoxy) is 2. The van der Waals surface area contributed by atoms with Crippen molar-refractivity contribution >= 4 is 51.5 Å². The molecule has 1 amide bonds. The van der Waals surface area contributed by atoms with E-state index in [1.807, 2.05) is 4.90 Å². The number of anilines is 3. The molecule has 0 atom stereocenters. The maximum absolute atomic E-state index is 15.4. The molecule has 41 heavy (non-hydrogen) atoms. The number of methoxy groups -OCH3 is 1. The Morgan fingerprint density at radius 2 is 1.93 bits per heavy atom. The fraction of sp³-hybridized carbons (Fsp3) is 0.185. The van der Waals surface area contributed by atoms with E-state index in [-0.39, 0.29) is 28.2 Å². The van der Waals surface area contributed by atoms with Crippen molar-refractivity contribution in [1.29, 1.82) is 0 Å². The molecule has 0 spiro atoms. The van der Waals surface area contributed by atoms with Crippen LogP contribution in [0.25, 0.3) is 16.7 Å². The fourth-order valence-corrected chi connectivity index (χ4v) is 4.72. The number of amides is 1. The predicted octanol–water partition coefficient (Wildman–Crippen LogP) is 4.24. The fourth-order valence-electron chi connectivity index (χ4n) is 4.52. The zero-order valence-electron chi connectivity index (χ0n) is 21.8. The number of benzene rings is 1. The van der Waals surface area contributed by atoms with Crippen LogP contribution in [0.5, 0.6) is 17.2 Å². The number of carbonyl (C=O) groups excluding carboxylic acids is 1. The Bertz CT molecular complexity index is 1790. The van der Waals surface area contributed by atoms with E-state index in [1.54, 1.807) is 47.0 Å². The van der Waals surface area contributed by atoms with E-state index >= 15 is 4.39 Å². The largest absolute Gasteiger partial charge is 0.493 e. The van der Waals surface area contributed by atoms with Crippen molar-refractivity contribution in [3.8, 4) is 17.2 Å². The van der Waals surface area contributed by atoms with Crippen LogP contribution in [-0.2, 0) is 4.79 Å². The van der Waals surface area contributed by atoms with E-state index in [9.17, 15) is 4.79 Å². The second kappa shape index (κ2) is 10.8. The highest BCUT2D eigenvalue weighted by Crippen LogP contribution is 2.37. The van der Waals surface area contributed by atoms with E-state index in [4.69, 9.17) is 26.1 Å². The average molecular weight is 576 g/mol. The van der Waals surface area contributed by atoms with Gasteiger partial charge >= 0.3 is 0 Å². The maximum Gasteiger partial charge on any atom is 0.246 e. The minimum Gasteiger partial charge on any atom is -0.493 e. The molecule has 0 saturated carbocycles. The third kappa shape index (κ3) is 5.02. The highest BCUT2D eigenvalue weighted by Gasteiger charge is 2.24. The number of pyridine rings is 2. The minimum atomic E-state index is -0.726. The van der Waals surface area contributed by atoms with Gasteiger partial charge in [0.2, 0.25) is 5.91 Å². The molecular weight excluding hydrogens is 553 g/mol. The third-order valence-corrected chi connectivity index (χ3v) is 6.97. The molecule has 14 heteroatoms. The molecule has 5 heterocycles. The monoisotopic (exact) mass is 575 g/mol. The standard InChI is InChI=1S/C27H23ClFN9O3/c1-3-22(39)36-8-10-37(11-9-36)27-20(40-2)13-18-25(35-27)26(32-14-30-18)34-17-4-5-19(23(28)24(17)29)41-16-6-7-38-21(12-16)31-15-33-38/h3-7,12-15H,1,8-11H2,2H3,(H,30,32,34). The van der Waals surface area contributed by atoms with Crippen molar-refractivity contribution < 1.29 is 18.7 Å². The van der Waals surface area contributed by atoms with Crippen LogP contribution < -0.4 is 19.7 Å². The second-order valence-corrected chi connectivity index (χ2v) is 9.39. The third-order valence-electron chi connectivity index (χ3n) is 6.62. The Kier molecular flexibility index (Phi) is 6.93. The van der Waals surface area contributed by atoms with Crippen molar-refractivity contribution in [2.45, 2.75) is 0 Å². The summed E-state index contributed by atoms with van der Waals surface area (Å²) in [5, 5.41) is 6.82. The predicted molar refractivity (Wildman–Crippen MR) is 151 cm³/mol.